The number of para-hydroxylation sites is 1. The van der Waals surface area contributed by atoms with Gasteiger partial charge in [-0.2, -0.15) is 0 Å². The van der Waals surface area contributed by atoms with E-state index in [9.17, 15) is 4.79 Å². The van der Waals surface area contributed by atoms with Crippen LogP contribution < -0.4 is 10.2 Å². The van der Waals surface area contributed by atoms with Gasteiger partial charge in [-0.3, -0.25) is 4.79 Å². The van der Waals surface area contributed by atoms with Crippen LogP contribution in [0.3, 0.4) is 0 Å². The third kappa shape index (κ3) is 4.78. The molecule has 5 heteroatoms. The van der Waals surface area contributed by atoms with Crippen molar-refractivity contribution in [3.05, 3.63) is 90.5 Å². The molecule has 0 radical (unpaired) electrons. The van der Waals surface area contributed by atoms with Crippen molar-refractivity contribution in [1.29, 1.82) is 0 Å². The molecule has 1 aliphatic rings. The predicted molar refractivity (Wildman–Crippen MR) is 128 cm³/mol. The van der Waals surface area contributed by atoms with Crippen LogP contribution in [0.15, 0.2) is 84.9 Å². The number of carbonyl (C=O) groups excluding carboxylic acids is 1. The second-order valence-electron chi connectivity index (χ2n) is 8.25. The van der Waals surface area contributed by atoms with Crippen molar-refractivity contribution in [2.24, 2.45) is 0 Å². The zero-order valence-electron chi connectivity index (χ0n) is 17.9. The van der Waals surface area contributed by atoms with Gasteiger partial charge in [0.25, 0.3) is 0 Å². The number of amides is 1. The van der Waals surface area contributed by atoms with Crippen molar-refractivity contribution in [3.8, 4) is 11.4 Å². The predicted octanol–water partition coefficient (Wildman–Crippen LogP) is 4.97. The monoisotopic (exact) mass is 422 g/mol. The Labute approximate surface area is 188 Å². The van der Waals surface area contributed by atoms with Crippen molar-refractivity contribution in [3.63, 3.8) is 0 Å². The number of aromatic nitrogens is 2. The smallest absolute Gasteiger partial charge is 0.221 e. The Morgan fingerprint density at radius 3 is 2.31 bits per heavy atom. The maximum absolute atomic E-state index is 12.5. The third-order valence-electron chi connectivity index (χ3n) is 5.68. The van der Waals surface area contributed by atoms with Crippen molar-refractivity contribution < 1.29 is 4.79 Å². The van der Waals surface area contributed by atoms with Gasteiger partial charge < -0.3 is 10.2 Å². The van der Waals surface area contributed by atoms with Crippen LogP contribution in [0.1, 0.15) is 24.8 Å². The molecule has 32 heavy (non-hydrogen) atoms. The first-order valence-electron chi connectivity index (χ1n) is 11.2. The second-order valence-corrected chi connectivity index (χ2v) is 8.25. The van der Waals surface area contributed by atoms with Gasteiger partial charge in [0.15, 0.2) is 5.82 Å². The summed E-state index contributed by atoms with van der Waals surface area (Å²) in [6, 6.07) is 28.8. The molecule has 1 amide bonds. The van der Waals surface area contributed by atoms with Crippen LogP contribution in [0.5, 0.6) is 0 Å². The molecule has 1 N–H and O–H groups in total. The molecule has 3 aromatic carbocycles. The largest absolute Gasteiger partial charge is 0.353 e. The van der Waals surface area contributed by atoms with Crippen molar-refractivity contribution in [2.75, 3.05) is 11.4 Å². The van der Waals surface area contributed by atoms with Gasteiger partial charge in [-0.05, 0) is 30.5 Å². The minimum Gasteiger partial charge on any atom is -0.353 e. The van der Waals surface area contributed by atoms with E-state index in [0.717, 1.165) is 35.1 Å². The summed E-state index contributed by atoms with van der Waals surface area (Å²) >= 11 is 0. The molecule has 1 fully saturated rings. The topological polar surface area (TPSA) is 58.1 Å². The van der Waals surface area contributed by atoms with Gasteiger partial charge in [0, 0.05) is 36.5 Å². The first kappa shape index (κ1) is 20.2. The molecule has 4 aromatic rings. The highest BCUT2D eigenvalue weighted by Gasteiger charge is 2.24. The van der Waals surface area contributed by atoms with Crippen LogP contribution in [0, 0.1) is 0 Å². The molecule has 160 valence electrons. The molecule has 5 rings (SSSR count). The molecule has 1 aliphatic carbocycles. The van der Waals surface area contributed by atoms with Gasteiger partial charge in [0.1, 0.15) is 5.82 Å². The number of benzene rings is 3. The number of fused-ring (bicyclic) bond motifs is 1. The molecule has 1 aromatic heterocycles. The summed E-state index contributed by atoms with van der Waals surface area (Å²) < 4.78 is 0. The van der Waals surface area contributed by atoms with E-state index in [0.29, 0.717) is 31.4 Å². The highest BCUT2D eigenvalue weighted by Crippen LogP contribution is 2.29. The number of rotatable bonds is 8. The summed E-state index contributed by atoms with van der Waals surface area (Å²) in [5, 5.41) is 4.09. The Morgan fingerprint density at radius 1 is 0.875 bits per heavy atom. The molecule has 1 heterocycles. The minimum atomic E-state index is 0.104. The number of anilines is 1. The molecular weight excluding hydrogens is 396 g/mol. The van der Waals surface area contributed by atoms with E-state index in [1.165, 1.54) is 5.56 Å². The SMILES string of the molecule is O=C(CCN(Cc1ccccc1)c1nc(-c2ccccc2)nc2ccccc12)NC1CC1. The standard InChI is InChI=1S/C27H26N4O/c32-25(28-22-15-16-22)17-18-31(19-20-9-3-1-4-10-20)27-23-13-7-8-14-24(23)29-26(30-27)21-11-5-2-6-12-21/h1-14,22H,15-19H2,(H,28,32). The molecule has 5 nitrogen and oxygen atoms in total. The summed E-state index contributed by atoms with van der Waals surface area (Å²) in [6.45, 7) is 1.26. The Balaban J connectivity index is 1.53. The normalized spacial score (nSPS) is 13.1. The van der Waals surface area contributed by atoms with Crippen LogP contribution in [-0.2, 0) is 11.3 Å². The van der Waals surface area contributed by atoms with Gasteiger partial charge in [-0.25, -0.2) is 9.97 Å². The molecule has 0 atom stereocenters. The van der Waals surface area contributed by atoms with Crippen LogP contribution in [0.4, 0.5) is 5.82 Å². The fourth-order valence-corrected chi connectivity index (χ4v) is 3.84. The Hall–Kier alpha value is -3.73. The minimum absolute atomic E-state index is 0.104. The van der Waals surface area contributed by atoms with E-state index < -0.39 is 0 Å². The van der Waals surface area contributed by atoms with E-state index >= 15 is 0 Å². The highest BCUT2D eigenvalue weighted by molar-refractivity contribution is 5.91. The average Bonchev–Trinajstić information content (AvgIpc) is 3.66. The molecular formula is C27H26N4O. The number of hydrogen-bond acceptors (Lipinski definition) is 4. The van der Waals surface area contributed by atoms with Crippen LogP contribution in [0.2, 0.25) is 0 Å². The third-order valence-corrected chi connectivity index (χ3v) is 5.68. The first-order valence-corrected chi connectivity index (χ1v) is 11.2. The van der Waals surface area contributed by atoms with Crippen LogP contribution in [0.25, 0.3) is 22.3 Å². The quantitative estimate of drug-likeness (QED) is 0.435. The summed E-state index contributed by atoms with van der Waals surface area (Å²) in [4.78, 5) is 24.5. The Kier molecular flexibility index (Phi) is 5.79. The van der Waals surface area contributed by atoms with Gasteiger partial charge >= 0.3 is 0 Å². The fourth-order valence-electron chi connectivity index (χ4n) is 3.84. The van der Waals surface area contributed by atoms with Gasteiger partial charge in [0.05, 0.1) is 5.52 Å². The molecule has 0 saturated heterocycles. The maximum atomic E-state index is 12.5. The lowest BCUT2D eigenvalue weighted by molar-refractivity contribution is -0.121. The Morgan fingerprint density at radius 2 is 1.56 bits per heavy atom. The Bertz CT molecular complexity index is 1210. The van der Waals surface area contributed by atoms with Crippen LogP contribution in [-0.4, -0.2) is 28.5 Å². The number of hydrogen-bond donors (Lipinski definition) is 1. The summed E-state index contributed by atoms with van der Waals surface area (Å²) in [5.41, 5.74) is 3.06. The molecule has 0 aliphatic heterocycles. The maximum Gasteiger partial charge on any atom is 0.221 e. The van der Waals surface area contributed by atoms with Gasteiger partial charge in [0.2, 0.25) is 5.91 Å². The highest BCUT2D eigenvalue weighted by atomic mass is 16.1. The lowest BCUT2D eigenvalue weighted by atomic mass is 10.1. The average molecular weight is 423 g/mol. The van der Waals surface area contributed by atoms with Crippen molar-refractivity contribution >= 4 is 22.6 Å². The zero-order chi connectivity index (χ0) is 21.8. The fraction of sp³-hybridized carbons (Fsp3) is 0.222. The van der Waals surface area contributed by atoms with E-state index in [1.807, 2.05) is 66.7 Å². The summed E-state index contributed by atoms with van der Waals surface area (Å²) in [6.07, 6.45) is 2.62. The van der Waals surface area contributed by atoms with E-state index in [4.69, 9.17) is 9.97 Å². The van der Waals surface area contributed by atoms with E-state index in [1.54, 1.807) is 0 Å². The zero-order valence-corrected chi connectivity index (χ0v) is 17.9. The molecule has 0 spiro atoms. The molecule has 0 unspecified atom stereocenters. The lowest BCUT2D eigenvalue weighted by Crippen LogP contribution is -2.32. The van der Waals surface area contributed by atoms with Gasteiger partial charge in [-0.15, -0.1) is 0 Å². The van der Waals surface area contributed by atoms with Crippen LogP contribution >= 0.6 is 0 Å². The number of carbonyl (C=O) groups is 1. The van der Waals surface area contributed by atoms with E-state index in [2.05, 4.69) is 28.4 Å². The lowest BCUT2D eigenvalue weighted by Gasteiger charge is -2.25. The summed E-state index contributed by atoms with van der Waals surface area (Å²) in [5.74, 6) is 1.66. The molecule has 1 saturated carbocycles. The second kappa shape index (κ2) is 9.18. The molecule has 0 bridgehead atoms. The number of nitrogens with zero attached hydrogens (tertiary/aromatic N) is 3. The summed E-state index contributed by atoms with van der Waals surface area (Å²) in [7, 11) is 0. The van der Waals surface area contributed by atoms with Crippen molar-refractivity contribution in [2.45, 2.75) is 31.8 Å². The van der Waals surface area contributed by atoms with Gasteiger partial charge in [-0.1, -0.05) is 72.8 Å². The first-order chi connectivity index (χ1) is 15.8. The number of nitrogens with one attached hydrogen (secondary N) is 1. The van der Waals surface area contributed by atoms with E-state index in [-0.39, 0.29) is 5.91 Å². The van der Waals surface area contributed by atoms with Crippen molar-refractivity contribution in [1.82, 2.24) is 15.3 Å².